The van der Waals surface area contributed by atoms with Crippen molar-refractivity contribution in [2.24, 2.45) is 5.10 Å². The Morgan fingerprint density at radius 3 is 2.74 bits per heavy atom. The monoisotopic (exact) mass is 314 g/mol. The quantitative estimate of drug-likeness (QED) is 0.580. The molecule has 3 aromatic rings. The van der Waals surface area contributed by atoms with Gasteiger partial charge in [-0.2, -0.15) is 9.78 Å². The third-order valence-electron chi connectivity index (χ3n) is 3.02. The maximum absolute atomic E-state index is 13.4. The maximum atomic E-state index is 13.4. The predicted molar refractivity (Wildman–Crippen MR) is 81.3 cm³/mol. The van der Waals surface area contributed by atoms with Crippen molar-refractivity contribution in [1.82, 2.24) is 20.2 Å². The highest BCUT2D eigenvalue weighted by Gasteiger charge is 2.06. The first-order valence-corrected chi connectivity index (χ1v) is 6.79. The largest absolute Gasteiger partial charge is 0.276 e. The molecule has 23 heavy (non-hydrogen) atoms. The molecule has 2 aromatic carbocycles. The van der Waals surface area contributed by atoms with Gasteiger partial charge in [-0.15, -0.1) is 5.10 Å². The van der Waals surface area contributed by atoms with Gasteiger partial charge in [-0.05, 0) is 34.7 Å². The number of hydrogen-bond acceptors (Lipinski definition) is 5. The van der Waals surface area contributed by atoms with Crippen molar-refractivity contribution in [3.8, 4) is 5.69 Å². The van der Waals surface area contributed by atoms with Crippen LogP contribution < -0.4 is 5.43 Å². The summed E-state index contributed by atoms with van der Waals surface area (Å²) >= 11 is 0. The van der Waals surface area contributed by atoms with Crippen molar-refractivity contribution in [3.05, 3.63) is 66.0 Å². The van der Waals surface area contributed by atoms with Crippen molar-refractivity contribution in [3.63, 3.8) is 0 Å². The minimum absolute atomic E-state index is 0.0882. The standard InChI is InChI=1S/C15H12F2N6/c16-11-6-7-14(13(17)10-11)19-18-9-8-15-20-21-22-23(15)12-4-2-1-3-5-12/h1-7,9-10,19H,8H2. The van der Waals surface area contributed by atoms with E-state index in [9.17, 15) is 8.78 Å². The average molecular weight is 314 g/mol. The molecule has 0 aliphatic carbocycles. The van der Waals surface area contributed by atoms with Crippen LogP contribution >= 0.6 is 0 Å². The van der Waals surface area contributed by atoms with E-state index in [1.54, 1.807) is 4.68 Å². The van der Waals surface area contributed by atoms with E-state index in [4.69, 9.17) is 0 Å². The summed E-state index contributed by atoms with van der Waals surface area (Å²) in [5.41, 5.74) is 3.43. The molecule has 0 unspecified atom stereocenters. The third kappa shape index (κ3) is 3.54. The van der Waals surface area contributed by atoms with Crippen LogP contribution in [0, 0.1) is 11.6 Å². The number of nitrogens with one attached hydrogen (secondary N) is 1. The molecule has 1 aromatic heterocycles. The van der Waals surface area contributed by atoms with E-state index in [2.05, 4.69) is 26.1 Å². The van der Waals surface area contributed by atoms with Crippen molar-refractivity contribution >= 4 is 11.9 Å². The van der Waals surface area contributed by atoms with E-state index in [1.807, 2.05) is 30.3 Å². The molecule has 6 nitrogen and oxygen atoms in total. The number of para-hydroxylation sites is 1. The number of hydrazone groups is 1. The number of benzene rings is 2. The fourth-order valence-electron chi connectivity index (χ4n) is 1.93. The minimum Gasteiger partial charge on any atom is -0.276 e. The zero-order chi connectivity index (χ0) is 16.1. The Hall–Kier alpha value is -3.16. The first kappa shape index (κ1) is 14.8. The van der Waals surface area contributed by atoms with Gasteiger partial charge in [-0.3, -0.25) is 5.43 Å². The van der Waals surface area contributed by atoms with Gasteiger partial charge in [-0.25, -0.2) is 8.78 Å². The second-order valence-corrected chi connectivity index (χ2v) is 4.59. The fraction of sp³-hybridized carbons (Fsp3) is 0.0667. The van der Waals surface area contributed by atoms with Crippen LogP contribution in [0.3, 0.4) is 0 Å². The van der Waals surface area contributed by atoms with Crippen molar-refractivity contribution in [1.29, 1.82) is 0 Å². The van der Waals surface area contributed by atoms with E-state index in [1.165, 1.54) is 12.3 Å². The number of anilines is 1. The molecule has 0 saturated carbocycles. The number of tetrazole rings is 1. The molecule has 0 radical (unpaired) electrons. The summed E-state index contributed by atoms with van der Waals surface area (Å²) < 4.78 is 27.8. The van der Waals surface area contributed by atoms with Crippen LogP contribution in [0.5, 0.6) is 0 Å². The lowest BCUT2D eigenvalue weighted by atomic mass is 10.3. The number of rotatable bonds is 5. The zero-order valence-corrected chi connectivity index (χ0v) is 11.9. The molecule has 8 heteroatoms. The number of nitrogens with zero attached hydrogens (tertiary/aromatic N) is 5. The van der Waals surface area contributed by atoms with Crippen LogP contribution in [0.1, 0.15) is 5.82 Å². The second kappa shape index (κ2) is 6.73. The summed E-state index contributed by atoms with van der Waals surface area (Å²) in [6, 6.07) is 12.6. The molecule has 0 atom stereocenters. The van der Waals surface area contributed by atoms with Gasteiger partial charge in [0.2, 0.25) is 0 Å². The summed E-state index contributed by atoms with van der Waals surface area (Å²) in [7, 11) is 0. The molecule has 1 heterocycles. The maximum Gasteiger partial charge on any atom is 0.162 e. The lowest BCUT2D eigenvalue weighted by Crippen LogP contribution is -2.04. The Balaban J connectivity index is 1.66. The Morgan fingerprint density at radius 1 is 1.13 bits per heavy atom. The van der Waals surface area contributed by atoms with Gasteiger partial charge in [0.15, 0.2) is 11.6 Å². The van der Waals surface area contributed by atoms with Crippen LogP contribution in [-0.2, 0) is 6.42 Å². The molecule has 0 aliphatic heterocycles. The summed E-state index contributed by atoms with van der Waals surface area (Å²) in [6.45, 7) is 0. The minimum atomic E-state index is -0.712. The van der Waals surface area contributed by atoms with Gasteiger partial charge < -0.3 is 0 Å². The van der Waals surface area contributed by atoms with E-state index in [0.29, 0.717) is 12.2 Å². The molecule has 116 valence electrons. The fourth-order valence-corrected chi connectivity index (χ4v) is 1.93. The van der Waals surface area contributed by atoms with Crippen LogP contribution in [0.25, 0.3) is 5.69 Å². The predicted octanol–water partition coefficient (Wildman–Crippen LogP) is 2.58. The normalized spacial score (nSPS) is 11.0. The molecule has 0 saturated heterocycles. The molecule has 0 amide bonds. The molecule has 0 aliphatic rings. The summed E-state index contributed by atoms with van der Waals surface area (Å²) in [4.78, 5) is 0. The van der Waals surface area contributed by atoms with Gasteiger partial charge in [0.1, 0.15) is 5.82 Å². The first-order chi connectivity index (χ1) is 11.2. The zero-order valence-electron chi connectivity index (χ0n) is 11.9. The Bertz CT molecular complexity index is 816. The number of aromatic nitrogens is 4. The number of hydrogen-bond donors (Lipinski definition) is 1. The van der Waals surface area contributed by atoms with Gasteiger partial charge >= 0.3 is 0 Å². The van der Waals surface area contributed by atoms with Crippen molar-refractivity contribution in [2.75, 3.05) is 5.43 Å². The molecule has 0 bridgehead atoms. The lowest BCUT2D eigenvalue weighted by Gasteiger charge is -2.03. The summed E-state index contributed by atoms with van der Waals surface area (Å²) in [5, 5.41) is 15.4. The van der Waals surface area contributed by atoms with Gasteiger partial charge in [0, 0.05) is 18.7 Å². The Labute approximate surface area is 130 Å². The lowest BCUT2D eigenvalue weighted by molar-refractivity contribution is 0.585. The molecular formula is C15H12F2N6. The van der Waals surface area contributed by atoms with Crippen molar-refractivity contribution < 1.29 is 8.78 Å². The topological polar surface area (TPSA) is 68.0 Å². The molecule has 1 N–H and O–H groups in total. The molecule has 0 fully saturated rings. The van der Waals surface area contributed by atoms with E-state index in [0.717, 1.165) is 17.8 Å². The van der Waals surface area contributed by atoms with Crippen LogP contribution in [-0.4, -0.2) is 26.4 Å². The highest BCUT2D eigenvalue weighted by atomic mass is 19.1. The van der Waals surface area contributed by atoms with E-state index < -0.39 is 11.6 Å². The van der Waals surface area contributed by atoms with Crippen LogP contribution in [0.2, 0.25) is 0 Å². The second-order valence-electron chi connectivity index (χ2n) is 4.59. The summed E-state index contributed by atoms with van der Waals surface area (Å²) in [6.07, 6.45) is 1.85. The molecular weight excluding hydrogens is 302 g/mol. The Kier molecular flexibility index (Phi) is 4.32. The van der Waals surface area contributed by atoms with Gasteiger partial charge in [-0.1, -0.05) is 18.2 Å². The Morgan fingerprint density at radius 2 is 1.96 bits per heavy atom. The summed E-state index contributed by atoms with van der Waals surface area (Å²) in [5.74, 6) is -0.767. The highest BCUT2D eigenvalue weighted by Crippen LogP contribution is 2.14. The van der Waals surface area contributed by atoms with Crippen molar-refractivity contribution in [2.45, 2.75) is 6.42 Å². The van der Waals surface area contributed by atoms with E-state index in [-0.39, 0.29) is 5.69 Å². The third-order valence-corrected chi connectivity index (χ3v) is 3.02. The number of halogens is 2. The molecule has 0 spiro atoms. The van der Waals surface area contributed by atoms with Gasteiger partial charge in [0.05, 0.1) is 11.4 Å². The van der Waals surface area contributed by atoms with E-state index >= 15 is 0 Å². The average Bonchev–Trinajstić information content (AvgIpc) is 3.02. The van der Waals surface area contributed by atoms with Crippen LogP contribution in [0.4, 0.5) is 14.5 Å². The molecule has 3 rings (SSSR count). The van der Waals surface area contributed by atoms with Gasteiger partial charge in [0.25, 0.3) is 0 Å². The highest BCUT2D eigenvalue weighted by molar-refractivity contribution is 5.62. The smallest absolute Gasteiger partial charge is 0.162 e. The SMILES string of the molecule is Fc1ccc(NN=CCc2nnnn2-c2ccccc2)c(F)c1. The first-order valence-electron chi connectivity index (χ1n) is 6.79. The van der Waals surface area contributed by atoms with Crippen LogP contribution in [0.15, 0.2) is 53.6 Å².